The summed E-state index contributed by atoms with van der Waals surface area (Å²) in [6.45, 7) is 1.99. The third kappa shape index (κ3) is 3.33. The summed E-state index contributed by atoms with van der Waals surface area (Å²) in [6.07, 6.45) is 7.13. The predicted molar refractivity (Wildman–Crippen MR) is 45.7 cm³/mol. The zero-order valence-electron chi connectivity index (χ0n) is 6.50. The number of aromatic nitrogens is 2. The molecule has 1 atom stereocenters. The number of halogens is 1. The third-order valence-electron chi connectivity index (χ3n) is 1.44. The Morgan fingerprint density at radius 2 is 2.09 bits per heavy atom. The van der Waals surface area contributed by atoms with Crippen molar-refractivity contribution in [2.45, 2.75) is 25.1 Å². The Hall–Kier alpha value is -0.630. The van der Waals surface area contributed by atoms with Crippen LogP contribution in [0.15, 0.2) is 18.7 Å². The third-order valence-corrected chi connectivity index (χ3v) is 1.66. The molecule has 60 valence electrons. The number of hydrogen-bond acceptors (Lipinski definition) is 2. The lowest BCUT2D eigenvalue weighted by Gasteiger charge is -2.00. The molecule has 2 nitrogen and oxygen atoms in total. The summed E-state index contributed by atoms with van der Waals surface area (Å²) in [5.74, 6) is 0. The number of hydrogen-bond donors (Lipinski definition) is 0. The van der Waals surface area contributed by atoms with Gasteiger partial charge in [0.05, 0.1) is 0 Å². The smallest absolute Gasteiger partial charge is 0.115 e. The summed E-state index contributed by atoms with van der Waals surface area (Å²) in [5, 5.41) is 0.232. The maximum absolute atomic E-state index is 5.79. The Morgan fingerprint density at radius 1 is 1.45 bits per heavy atom. The molecule has 11 heavy (non-hydrogen) atoms. The predicted octanol–water partition coefficient (Wildman–Crippen LogP) is 2.04. The lowest BCUT2D eigenvalue weighted by atomic mass is 10.1. The van der Waals surface area contributed by atoms with Gasteiger partial charge >= 0.3 is 0 Å². The minimum atomic E-state index is 0.232. The molecule has 1 aromatic heterocycles. The SMILES string of the molecule is CC(Cl)CCc1cncnc1. The van der Waals surface area contributed by atoms with Crippen LogP contribution in [0.1, 0.15) is 18.9 Å². The Bertz CT molecular complexity index is 199. The quantitative estimate of drug-likeness (QED) is 0.649. The molecular weight excluding hydrogens is 160 g/mol. The Morgan fingerprint density at radius 3 is 2.64 bits per heavy atom. The van der Waals surface area contributed by atoms with Crippen LogP contribution in [0.25, 0.3) is 0 Å². The first kappa shape index (κ1) is 8.47. The largest absolute Gasteiger partial charge is 0.245 e. The fourth-order valence-electron chi connectivity index (χ4n) is 0.825. The van der Waals surface area contributed by atoms with Crippen LogP contribution in [0, 0.1) is 0 Å². The molecule has 0 saturated heterocycles. The maximum atomic E-state index is 5.79. The van der Waals surface area contributed by atoms with E-state index < -0.39 is 0 Å². The average molecular weight is 171 g/mol. The Balaban J connectivity index is 2.39. The zero-order chi connectivity index (χ0) is 8.10. The van der Waals surface area contributed by atoms with Gasteiger partial charge in [-0.1, -0.05) is 0 Å². The van der Waals surface area contributed by atoms with Gasteiger partial charge in [0.2, 0.25) is 0 Å². The molecule has 1 heterocycles. The molecule has 0 spiro atoms. The average Bonchev–Trinajstić information content (AvgIpc) is 2.03. The van der Waals surface area contributed by atoms with E-state index in [2.05, 4.69) is 9.97 Å². The molecule has 3 heteroatoms. The van der Waals surface area contributed by atoms with Gasteiger partial charge in [0.1, 0.15) is 6.33 Å². The number of alkyl halides is 1. The number of rotatable bonds is 3. The van der Waals surface area contributed by atoms with Crippen LogP contribution in [0.2, 0.25) is 0 Å². The number of nitrogens with zero attached hydrogens (tertiary/aromatic N) is 2. The van der Waals surface area contributed by atoms with Gasteiger partial charge in [-0.2, -0.15) is 0 Å². The van der Waals surface area contributed by atoms with E-state index in [1.807, 2.05) is 19.3 Å². The molecular formula is C8H11ClN2. The van der Waals surface area contributed by atoms with E-state index in [4.69, 9.17) is 11.6 Å². The standard InChI is InChI=1S/C8H11ClN2/c1-7(9)2-3-8-4-10-6-11-5-8/h4-7H,2-3H2,1H3. The van der Waals surface area contributed by atoms with Crippen molar-refractivity contribution < 1.29 is 0 Å². The molecule has 0 aliphatic rings. The second kappa shape index (κ2) is 4.29. The molecule has 1 unspecified atom stereocenters. The molecule has 0 bridgehead atoms. The highest BCUT2D eigenvalue weighted by molar-refractivity contribution is 6.20. The van der Waals surface area contributed by atoms with Gasteiger partial charge in [-0.15, -0.1) is 11.6 Å². The fourth-order valence-corrected chi connectivity index (χ4v) is 0.934. The highest BCUT2D eigenvalue weighted by atomic mass is 35.5. The summed E-state index contributed by atoms with van der Waals surface area (Å²) in [4.78, 5) is 7.82. The lowest BCUT2D eigenvalue weighted by Crippen LogP contribution is -1.95. The highest BCUT2D eigenvalue weighted by Crippen LogP contribution is 2.05. The van der Waals surface area contributed by atoms with Gasteiger partial charge in [-0.3, -0.25) is 0 Å². The van der Waals surface area contributed by atoms with Crippen molar-refractivity contribution in [1.29, 1.82) is 0 Å². The van der Waals surface area contributed by atoms with Crippen molar-refractivity contribution in [2.24, 2.45) is 0 Å². The van der Waals surface area contributed by atoms with Crippen LogP contribution < -0.4 is 0 Å². The minimum absolute atomic E-state index is 0.232. The maximum Gasteiger partial charge on any atom is 0.115 e. The summed E-state index contributed by atoms with van der Waals surface area (Å²) < 4.78 is 0. The fraction of sp³-hybridized carbons (Fsp3) is 0.500. The molecule has 0 aliphatic heterocycles. The van der Waals surface area contributed by atoms with E-state index in [0.717, 1.165) is 18.4 Å². The molecule has 0 saturated carbocycles. The van der Waals surface area contributed by atoms with Crippen LogP contribution in [0.5, 0.6) is 0 Å². The molecule has 1 rings (SSSR count). The molecule has 0 radical (unpaired) electrons. The summed E-state index contributed by atoms with van der Waals surface area (Å²) >= 11 is 5.79. The first-order valence-electron chi connectivity index (χ1n) is 3.67. The lowest BCUT2D eigenvalue weighted by molar-refractivity contribution is 0.795. The monoisotopic (exact) mass is 170 g/mol. The van der Waals surface area contributed by atoms with E-state index in [9.17, 15) is 0 Å². The Kier molecular flexibility index (Phi) is 3.30. The molecule has 0 N–H and O–H groups in total. The van der Waals surface area contributed by atoms with Crippen LogP contribution in [0.3, 0.4) is 0 Å². The van der Waals surface area contributed by atoms with Crippen molar-refractivity contribution >= 4 is 11.6 Å². The first-order chi connectivity index (χ1) is 5.29. The number of aryl methyl sites for hydroxylation is 1. The van der Waals surface area contributed by atoms with E-state index in [-0.39, 0.29) is 5.38 Å². The van der Waals surface area contributed by atoms with Gasteiger partial charge in [0.25, 0.3) is 0 Å². The van der Waals surface area contributed by atoms with Gasteiger partial charge in [0, 0.05) is 17.8 Å². The van der Waals surface area contributed by atoms with E-state index >= 15 is 0 Å². The summed E-state index contributed by atoms with van der Waals surface area (Å²) in [7, 11) is 0. The van der Waals surface area contributed by atoms with E-state index in [1.165, 1.54) is 6.33 Å². The molecule has 0 aliphatic carbocycles. The minimum Gasteiger partial charge on any atom is -0.245 e. The topological polar surface area (TPSA) is 25.8 Å². The van der Waals surface area contributed by atoms with Crippen LogP contribution in [0.4, 0.5) is 0 Å². The van der Waals surface area contributed by atoms with Crippen molar-refractivity contribution in [3.8, 4) is 0 Å². The second-order valence-corrected chi connectivity index (χ2v) is 3.31. The normalized spacial score (nSPS) is 12.9. The van der Waals surface area contributed by atoms with Crippen molar-refractivity contribution in [1.82, 2.24) is 9.97 Å². The van der Waals surface area contributed by atoms with Gasteiger partial charge in [-0.05, 0) is 25.3 Å². The van der Waals surface area contributed by atoms with Crippen LogP contribution in [-0.4, -0.2) is 15.3 Å². The second-order valence-electron chi connectivity index (χ2n) is 2.57. The molecule has 0 fully saturated rings. The van der Waals surface area contributed by atoms with Gasteiger partial charge < -0.3 is 0 Å². The van der Waals surface area contributed by atoms with Crippen LogP contribution >= 0.6 is 11.6 Å². The van der Waals surface area contributed by atoms with Gasteiger partial charge in [-0.25, -0.2) is 9.97 Å². The van der Waals surface area contributed by atoms with Crippen LogP contribution in [-0.2, 0) is 6.42 Å². The zero-order valence-corrected chi connectivity index (χ0v) is 7.25. The van der Waals surface area contributed by atoms with E-state index in [1.54, 1.807) is 0 Å². The molecule has 0 amide bonds. The molecule has 0 aromatic carbocycles. The van der Waals surface area contributed by atoms with Crippen molar-refractivity contribution in [3.63, 3.8) is 0 Å². The Labute approximate surface area is 71.6 Å². The first-order valence-corrected chi connectivity index (χ1v) is 4.10. The van der Waals surface area contributed by atoms with Crippen molar-refractivity contribution in [2.75, 3.05) is 0 Å². The summed E-state index contributed by atoms with van der Waals surface area (Å²) in [5.41, 5.74) is 1.15. The van der Waals surface area contributed by atoms with Gasteiger partial charge in [0.15, 0.2) is 0 Å². The van der Waals surface area contributed by atoms with E-state index in [0.29, 0.717) is 0 Å². The molecule has 1 aromatic rings. The summed E-state index contributed by atoms with van der Waals surface area (Å²) in [6, 6.07) is 0. The van der Waals surface area contributed by atoms with Crippen molar-refractivity contribution in [3.05, 3.63) is 24.3 Å². The highest BCUT2D eigenvalue weighted by Gasteiger charge is 1.97.